The van der Waals surface area contributed by atoms with Gasteiger partial charge in [-0.1, -0.05) is 31.4 Å². The summed E-state index contributed by atoms with van der Waals surface area (Å²) in [4.78, 5) is 15.0. The summed E-state index contributed by atoms with van der Waals surface area (Å²) >= 11 is 0. The predicted molar refractivity (Wildman–Crippen MR) is 119 cm³/mol. The standard InChI is InChI=1S/C21H33N3O2.2ClH/c1-26-19-7-5-18(6-8-19)16-24-13-9-17(10-14-24)15-23-20(25)21(22)11-3-2-4-12-21;;/h5-8,17H,2-4,9-16,22H2,1H3,(H,23,25);2*1H. The lowest BCUT2D eigenvalue weighted by molar-refractivity contribution is -0.127. The minimum atomic E-state index is -0.618. The van der Waals surface area contributed by atoms with E-state index in [2.05, 4.69) is 22.3 Å². The fourth-order valence-electron chi connectivity index (χ4n) is 4.16. The Bertz CT molecular complexity index is 584. The number of nitrogens with one attached hydrogen (secondary N) is 1. The van der Waals surface area contributed by atoms with Gasteiger partial charge < -0.3 is 15.8 Å². The van der Waals surface area contributed by atoms with Crippen molar-refractivity contribution in [1.29, 1.82) is 0 Å². The minimum absolute atomic E-state index is 0. The van der Waals surface area contributed by atoms with Gasteiger partial charge in [0.25, 0.3) is 0 Å². The summed E-state index contributed by atoms with van der Waals surface area (Å²) in [5, 5.41) is 3.14. The summed E-state index contributed by atoms with van der Waals surface area (Å²) in [6.45, 7) is 3.92. The predicted octanol–water partition coefficient (Wildman–Crippen LogP) is 3.53. The molecule has 1 aromatic carbocycles. The maximum Gasteiger partial charge on any atom is 0.240 e. The Kier molecular flexibility index (Phi) is 10.6. The van der Waals surface area contributed by atoms with E-state index in [1.807, 2.05) is 12.1 Å². The van der Waals surface area contributed by atoms with E-state index in [-0.39, 0.29) is 30.7 Å². The Labute approximate surface area is 181 Å². The number of rotatable bonds is 6. The van der Waals surface area contributed by atoms with E-state index in [9.17, 15) is 4.79 Å². The summed E-state index contributed by atoms with van der Waals surface area (Å²) in [7, 11) is 1.69. The number of amides is 1. The molecule has 0 unspecified atom stereocenters. The Morgan fingerprint density at radius 1 is 1.14 bits per heavy atom. The SMILES string of the molecule is COc1ccc(CN2CCC(CNC(=O)C3(N)CCCCC3)CC2)cc1.Cl.Cl. The molecule has 0 spiro atoms. The molecule has 3 rings (SSSR count). The number of nitrogens with two attached hydrogens (primary N) is 1. The quantitative estimate of drug-likeness (QED) is 0.722. The van der Waals surface area contributed by atoms with Gasteiger partial charge in [0.15, 0.2) is 0 Å². The molecular formula is C21H35Cl2N3O2. The first kappa shape index (κ1) is 25.0. The molecule has 160 valence electrons. The van der Waals surface area contributed by atoms with E-state index in [0.717, 1.165) is 70.5 Å². The number of carbonyl (C=O) groups is 1. The molecule has 1 saturated heterocycles. The lowest BCUT2D eigenvalue weighted by Gasteiger charge is -2.34. The highest BCUT2D eigenvalue weighted by Crippen LogP contribution is 2.26. The third-order valence-corrected chi connectivity index (χ3v) is 6.02. The number of benzene rings is 1. The second kappa shape index (κ2) is 11.9. The molecule has 1 aromatic rings. The van der Waals surface area contributed by atoms with E-state index in [4.69, 9.17) is 10.5 Å². The third-order valence-electron chi connectivity index (χ3n) is 6.02. The highest BCUT2D eigenvalue weighted by atomic mass is 35.5. The first-order chi connectivity index (χ1) is 12.6. The first-order valence-corrected chi connectivity index (χ1v) is 10.0. The Morgan fingerprint density at radius 3 is 2.32 bits per heavy atom. The van der Waals surface area contributed by atoms with E-state index in [1.165, 1.54) is 12.0 Å². The summed E-state index contributed by atoms with van der Waals surface area (Å²) in [5.41, 5.74) is 7.02. The van der Waals surface area contributed by atoms with Crippen LogP contribution in [-0.2, 0) is 11.3 Å². The van der Waals surface area contributed by atoms with Crippen molar-refractivity contribution in [3.05, 3.63) is 29.8 Å². The van der Waals surface area contributed by atoms with Crippen LogP contribution in [0.5, 0.6) is 5.75 Å². The molecule has 1 aliphatic carbocycles. The Balaban J connectivity index is 0.00000196. The average Bonchev–Trinajstić information content (AvgIpc) is 2.68. The fourth-order valence-corrected chi connectivity index (χ4v) is 4.16. The smallest absolute Gasteiger partial charge is 0.240 e. The molecule has 0 aromatic heterocycles. The first-order valence-electron chi connectivity index (χ1n) is 10.0. The monoisotopic (exact) mass is 431 g/mol. The van der Waals surface area contributed by atoms with Crippen molar-refractivity contribution in [2.24, 2.45) is 11.7 Å². The molecule has 1 amide bonds. The van der Waals surface area contributed by atoms with Gasteiger partial charge in [-0.25, -0.2) is 0 Å². The van der Waals surface area contributed by atoms with Crippen LogP contribution in [0.25, 0.3) is 0 Å². The molecule has 0 atom stereocenters. The van der Waals surface area contributed by atoms with Gasteiger partial charge in [-0.05, 0) is 62.4 Å². The van der Waals surface area contributed by atoms with E-state index >= 15 is 0 Å². The average molecular weight is 432 g/mol. The molecule has 1 heterocycles. The molecular weight excluding hydrogens is 397 g/mol. The fraction of sp³-hybridized carbons (Fsp3) is 0.667. The van der Waals surface area contributed by atoms with Crippen LogP contribution in [0.3, 0.4) is 0 Å². The molecule has 7 heteroatoms. The van der Waals surface area contributed by atoms with Crippen molar-refractivity contribution in [2.75, 3.05) is 26.7 Å². The molecule has 28 heavy (non-hydrogen) atoms. The van der Waals surface area contributed by atoms with Gasteiger partial charge >= 0.3 is 0 Å². The third kappa shape index (κ3) is 6.80. The maximum absolute atomic E-state index is 12.5. The topological polar surface area (TPSA) is 67.6 Å². The van der Waals surface area contributed by atoms with Crippen LogP contribution in [0.1, 0.15) is 50.5 Å². The Hall–Kier alpha value is -1.01. The zero-order valence-corrected chi connectivity index (χ0v) is 18.5. The van der Waals surface area contributed by atoms with Gasteiger partial charge in [0.2, 0.25) is 5.91 Å². The van der Waals surface area contributed by atoms with Gasteiger partial charge in [-0.15, -0.1) is 24.8 Å². The van der Waals surface area contributed by atoms with Crippen LogP contribution in [0.2, 0.25) is 0 Å². The number of nitrogens with zero attached hydrogens (tertiary/aromatic N) is 1. The van der Waals surface area contributed by atoms with E-state index in [0.29, 0.717) is 5.92 Å². The number of halogens is 2. The van der Waals surface area contributed by atoms with Crippen LogP contribution < -0.4 is 15.8 Å². The van der Waals surface area contributed by atoms with Crippen LogP contribution in [-0.4, -0.2) is 43.1 Å². The molecule has 1 saturated carbocycles. The van der Waals surface area contributed by atoms with Crippen molar-refractivity contribution in [3.63, 3.8) is 0 Å². The molecule has 0 radical (unpaired) electrons. The normalized spacial score (nSPS) is 19.8. The highest BCUT2D eigenvalue weighted by Gasteiger charge is 2.35. The number of likely N-dealkylation sites (tertiary alicyclic amines) is 1. The number of hydrogen-bond acceptors (Lipinski definition) is 4. The number of ether oxygens (including phenoxy) is 1. The van der Waals surface area contributed by atoms with Gasteiger partial charge in [-0.3, -0.25) is 9.69 Å². The van der Waals surface area contributed by atoms with E-state index < -0.39 is 5.54 Å². The van der Waals surface area contributed by atoms with Crippen molar-refractivity contribution in [1.82, 2.24) is 10.2 Å². The van der Waals surface area contributed by atoms with Crippen LogP contribution >= 0.6 is 24.8 Å². The van der Waals surface area contributed by atoms with Crippen LogP contribution in [0.4, 0.5) is 0 Å². The number of methoxy groups -OCH3 is 1. The number of carbonyl (C=O) groups excluding carboxylic acids is 1. The second-order valence-electron chi connectivity index (χ2n) is 7.99. The largest absolute Gasteiger partial charge is 0.497 e. The van der Waals surface area contributed by atoms with Crippen molar-refractivity contribution in [3.8, 4) is 5.75 Å². The van der Waals surface area contributed by atoms with Crippen LogP contribution in [0.15, 0.2) is 24.3 Å². The zero-order chi connectivity index (χ0) is 18.4. The molecule has 2 aliphatic rings. The molecule has 2 fully saturated rings. The Morgan fingerprint density at radius 2 is 1.75 bits per heavy atom. The summed E-state index contributed by atoms with van der Waals surface area (Å²) < 4.78 is 5.21. The summed E-state index contributed by atoms with van der Waals surface area (Å²) in [5.74, 6) is 1.54. The second-order valence-corrected chi connectivity index (χ2v) is 7.99. The highest BCUT2D eigenvalue weighted by molar-refractivity contribution is 5.86. The summed E-state index contributed by atoms with van der Waals surface area (Å²) in [6.07, 6.45) is 7.29. The molecule has 0 bridgehead atoms. The van der Waals surface area contributed by atoms with Crippen LogP contribution in [0, 0.1) is 5.92 Å². The summed E-state index contributed by atoms with van der Waals surface area (Å²) in [6, 6.07) is 8.31. The minimum Gasteiger partial charge on any atom is -0.497 e. The number of piperidine rings is 1. The number of hydrogen-bond donors (Lipinski definition) is 2. The molecule has 1 aliphatic heterocycles. The van der Waals surface area contributed by atoms with Gasteiger partial charge in [0.1, 0.15) is 5.75 Å². The van der Waals surface area contributed by atoms with Gasteiger partial charge in [-0.2, -0.15) is 0 Å². The maximum atomic E-state index is 12.5. The molecule has 3 N–H and O–H groups in total. The lowest BCUT2D eigenvalue weighted by atomic mass is 9.81. The molecule has 5 nitrogen and oxygen atoms in total. The van der Waals surface area contributed by atoms with E-state index in [1.54, 1.807) is 7.11 Å². The lowest BCUT2D eigenvalue weighted by Crippen LogP contribution is -2.55. The van der Waals surface area contributed by atoms with Crippen molar-refractivity contribution >= 4 is 30.7 Å². The van der Waals surface area contributed by atoms with Gasteiger partial charge in [0.05, 0.1) is 12.6 Å². The van der Waals surface area contributed by atoms with Gasteiger partial charge in [0, 0.05) is 13.1 Å². The van der Waals surface area contributed by atoms with Crippen molar-refractivity contribution < 1.29 is 9.53 Å². The zero-order valence-electron chi connectivity index (χ0n) is 16.8. The van der Waals surface area contributed by atoms with Crippen molar-refractivity contribution in [2.45, 2.75) is 57.0 Å².